The largest absolute Gasteiger partial charge is 0.394 e. The van der Waals surface area contributed by atoms with Crippen molar-refractivity contribution in [2.75, 3.05) is 18.6 Å². The first-order valence-electron chi connectivity index (χ1n) is 6.84. The molecule has 0 aliphatic heterocycles. The van der Waals surface area contributed by atoms with Crippen LogP contribution in [-0.4, -0.2) is 47.6 Å². The van der Waals surface area contributed by atoms with E-state index in [4.69, 9.17) is 5.11 Å². The number of hydrogen-bond donors (Lipinski definition) is 3. The summed E-state index contributed by atoms with van der Waals surface area (Å²) in [6.45, 7) is 1.58. The van der Waals surface area contributed by atoms with Gasteiger partial charge in [-0.25, -0.2) is 0 Å². The second-order valence-electron chi connectivity index (χ2n) is 4.77. The number of thioether (sulfide) groups is 1. The lowest BCUT2D eigenvalue weighted by molar-refractivity contribution is -0.123. The molecule has 3 N–H and O–H groups in total. The quantitative estimate of drug-likeness (QED) is 0.670. The molecule has 0 unspecified atom stereocenters. The van der Waals surface area contributed by atoms with Crippen LogP contribution < -0.4 is 10.6 Å². The van der Waals surface area contributed by atoms with Crippen LogP contribution in [-0.2, 0) is 4.79 Å². The molecule has 2 atom stereocenters. The minimum absolute atomic E-state index is 0.131. The van der Waals surface area contributed by atoms with Crippen LogP contribution in [0.4, 0.5) is 0 Å². The first kappa shape index (κ1) is 17.5. The molecule has 0 radical (unpaired) electrons. The Kier molecular flexibility index (Phi) is 7.85. The molecule has 0 bridgehead atoms. The molecule has 116 valence electrons. The molecule has 0 saturated carbocycles. The van der Waals surface area contributed by atoms with Crippen LogP contribution >= 0.6 is 11.8 Å². The summed E-state index contributed by atoms with van der Waals surface area (Å²) in [6, 6.07) is 7.86. The predicted octanol–water partition coefficient (Wildman–Crippen LogP) is 1.04. The van der Waals surface area contributed by atoms with Gasteiger partial charge >= 0.3 is 0 Å². The van der Waals surface area contributed by atoms with Crippen molar-refractivity contribution in [2.24, 2.45) is 0 Å². The van der Waals surface area contributed by atoms with Gasteiger partial charge in [0.05, 0.1) is 6.61 Å². The van der Waals surface area contributed by atoms with Crippen LogP contribution in [0.3, 0.4) is 0 Å². The molecule has 6 heteroatoms. The Morgan fingerprint density at radius 3 is 2.48 bits per heavy atom. The molecule has 0 saturated heterocycles. The van der Waals surface area contributed by atoms with Crippen LogP contribution in [0.15, 0.2) is 30.3 Å². The van der Waals surface area contributed by atoms with E-state index >= 15 is 0 Å². The Morgan fingerprint density at radius 2 is 1.90 bits per heavy atom. The smallest absolute Gasteiger partial charge is 0.251 e. The normalized spacial score (nSPS) is 13.3. The number of amides is 2. The van der Waals surface area contributed by atoms with Gasteiger partial charge in [-0.05, 0) is 37.5 Å². The summed E-state index contributed by atoms with van der Waals surface area (Å²) in [4.78, 5) is 24.3. The maximum atomic E-state index is 12.1. The van der Waals surface area contributed by atoms with Crippen LogP contribution in [0.5, 0.6) is 0 Å². The van der Waals surface area contributed by atoms with Crippen LogP contribution in [0.2, 0.25) is 0 Å². The summed E-state index contributed by atoms with van der Waals surface area (Å²) < 4.78 is 0. The molecular weight excluding hydrogens is 288 g/mol. The zero-order chi connectivity index (χ0) is 15.7. The molecule has 0 aliphatic rings. The highest BCUT2D eigenvalue weighted by Gasteiger charge is 2.22. The monoisotopic (exact) mass is 310 g/mol. The first-order valence-corrected chi connectivity index (χ1v) is 8.24. The summed E-state index contributed by atoms with van der Waals surface area (Å²) in [7, 11) is 0. The van der Waals surface area contributed by atoms with E-state index < -0.39 is 6.04 Å². The molecular formula is C15H22N2O3S. The molecule has 5 nitrogen and oxygen atoms in total. The molecule has 0 aromatic heterocycles. The Hall–Kier alpha value is -1.53. The van der Waals surface area contributed by atoms with Crippen molar-refractivity contribution in [1.82, 2.24) is 10.6 Å². The van der Waals surface area contributed by atoms with Crippen LogP contribution in [0.1, 0.15) is 23.7 Å². The third kappa shape index (κ3) is 6.18. The third-order valence-electron chi connectivity index (χ3n) is 2.93. The zero-order valence-corrected chi connectivity index (χ0v) is 13.2. The number of carbonyl (C=O) groups excluding carboxylic acids is 2. The average molecular weight is 310 g/mol. The minimum Gasteiger partial charge on any atom is -0.394 e. The number of carbonyl (C=O) groups is 2. The van der Waals surface area contributed by atoms with Gasteiger partial charge in [0.25, 0.3) is 5.91 Å². The number of aliphatic hydroxyl groups is 1. The van der Waals surface area contributed by atoms with E-state index in [1.165, 1.54) is 0 Å². The fourth-order valence-corrected chi connectivity index (χ4v) is 2.20. The summed E-state index contributed by atoms with van der Waals surface area (Å²) in [5.41, 5.74) is 0.523. The molecule has 2 amide bonds. The third-order valence-corrected chi connectivity index (χ3v) is 3.57. The second-order valence-corrected chi connectivity index (χ2v) is 5.75. The molecule has 1 rings (SSSR count). The standard InChI is InChI=1S/C15H22N2O3S/c1-11(10-18)16-15(20)13(8-9-21-2)17-14(19)12-6-4-3-5-7-12/h3-7,11,13,18H,8-10H2,1-2H3,(H,16,20)(H,17,19)/t11-,13-/m1/s1. The highest BCUT2D eigenvalue weighted by Crippen LogP contribution is 2.04. The molecule has 1 aromatic rings. The number of nitrogens with one attached hydrogen (secondary N) is 2. The fraction of sp³-hybridized carbons (Fsp3) is 0.467. The molecule has 0 fully saturated rings. The van der Waals surface area contributed by atoms with E-state index in [9.17, 15) is 9.59 Å². The van der Waals surface area contributed by atoms with Crippen molar-refractivity contribution in [1.29, 1.82) is 0 Å². The van der Waals surface area contributed by atoms with Gasteiger partial charge in [-0.1, -0.05) is 18.2 Å². The number of benzene rings is 1. The molecule has 21 heavy (non-hydrogen) atoms. The van der Waals surface area contributed by atoms with Crippen molar-refractivity contribution < 1.29 is 14.7 Å². The minimum atomic E-state index is -0.598. The van der Waals surface area contributed by atoms with Crippen molar-refractivity contribution in [3.8, 4) is 0 Å². The van der Waals surface area contributed by atoms with Gasteiger partial charge in [-0.15, -0.1) is 0 Å². The van der Waals surface area contributed by atoms with Crippen LogP contribution in [0, 0.1) is 0 Å². The summed E-state index contributed by atoms with van der Waals surface area (Å²) >= 11 is 1.61. The fourth-order valence-electron chi connectivity index (χ4n) is 1.72. The van der Waals surface area contributed by atoms with Gasteiger partial charge in [0.2, 0.25) is 5.91 Å². The van der Waals surface area contributed by atoms with E-state index in [1.807, 2.05) is 12.3 Å². The van der Waals surface area contributed by atoms with E-state index in [0.717, 1.165) is 5.75 Å². The van der Waals surface area contributed by atoms with E-state index in [0.29, 0.717) is 12.0 Å². The molecule has 0 heterocycles. The maximum absolute atomic E-state index is 12.1. The molecule has 0 aliphatic carbocycles. The van der Waals surface area contributed by atoms with E-state index in [2.05, 4.69) is 10.6 Å². The van der Waals surface area contributed by atoms with Gasteiger partial charge in [-0.3, -0.25) is 9.59 Å². The highest BCUT2D eigenvalue weighted by atomic mass is 32.2. The van der Waals surface area contributed by atoms with Gasteiger partial charge in [-0.2, -0.15) is 11.8 Å². The van der Waals surface area contributed by atoms with Gasteiger partial charge < -0.3 is 15.7 Å². The number of hydrogen-bond acceptors (Lipinski definition) is 4. The predicted molar refractivity (Wildman–Crippen MR) is 85.4 cm³/mol. The maximum Gasteiger partial charge on any atom is 0.251 e. The van der Waals surface area contributed by atoms with Crippen LogP contribution in [0.25, 0.3) is 0 Å². The topological polar surface area (TPSA) is 78.4 Å². The SMILES string of the molecule is CSCC[C@@H](NC(=O)c1ccccc1)C(=O)N[C@H](C)CO. The number of aliphatic hydroxyl groups excluding tert-OH is 1. The van der Waals surface area contributed by atoms with Gasteiger partial charge in [0, 0.05) is 11.6 Å². The molecule has 1 aromatic carbocycles. The van der Waals surface area contributed by atoms with Gasteiger partial charge in [0.1, 0.15) is 6.04 Å². The summed E-state index contributed by atoms with van der Waals surface area (Å²) in [6.07, 6.45) is 2.49. The summed E-state index contributed by atoms with van der Waals surface area (Å²) in [5.74, 6) is 0.226. The highest BCUT2D eigenvalue weighted by molar-refractivity contribution is 7.98. The first-order chi connectivity index (χ1) is 10.1. The Bertz CT molecular complexity index is 453. The molecule has 0 spiro atoms. The zero-order valence-electron chi connectivity index (χ0n) is 12.3. The van der Waals surface area contributed by atoms with Crippen molar-refractivity contribution in [3.63, 3.8) is 0 Å². The lowest BCUT2D eigenvalue weighted by atomic mass is 10.1. The second kappa shape index (κ2) is 9.41. The van der Waals surface area contributed by atoms with E-state index in [1.54, 1.807) is 43.0 Å². The lowest BCUT2D eigenvalue weighted by Gasteiger charge is -2.20. The van der Waals surface area contributed by atoms with Crippen molar-refractivity contribution in [3.05, 3.63) is 35.9 Å². The Morgan fingerprint density at radius 1 is 1.24 bits per heavy atom. The lowest BCUT2D eigenvalue weighted by Crippen LogP contribution is -2.50. The average Bonchev–Trinajstić information content (AvgIpc) is 2.51. The Labute approximate surface area is 129 Å². The van der Waals surface area contributed by atoms with Crippen molar-refractivity contribution in [2.45, 2.75) is 25.4 Å². The van der Waals surface area contributed by atoms with E-state index in [-0.39, 0.29) is 24.5 Å². The van der Waals surface area contributed by atoms with Gasteiger partial charge in [0.15, 0.2) is 0 Å². The Balaban J connectivity index is 2.69. The van der Waals surface area contributed by atoms with Crippen molar-refractivity contribution >= 4 is 23.6 Å². The number of rotatable bonds is 8. The summed E-state index contributed by atoms with van der Waals surface area (Å²) in [5, 5.41) is 14.4.